The van der Waals surface area contributed by atoms with Gasteiger partial charge in [0.25, 0.3) is 0 Å². The molecular formula is C27H27N3O2. The first-order chi connectivity index (χ1) is 15.6. The molecule has 1 heterocycles. The predicted molar refractivity (Wildman–Crippen MR) is 127 cm³/mol. The Morgan fingerprint density at radius 1 is 0.812 bits per heavy atom. The van der Waals surface area contributed by atoms with Crippen LogP contribution in [0.15, 0.2) is 77.9 Å². The Hall–Kier alpha value is -3.44. The van der Waals surface area contributed by atoms with Crippen LogP contribution in [-0.2, 0) is 4.79 Å². The van der Waals surface area contributed by atoms with Crippen molar-refractivity contribution in [2.45, 2.75) is 19.9 Å². The highest BCUT2D eigenvalue weighted by Gasteiger charge is 2.33. The molecule has 5 nitrogen and oxygen atoms in total. The summed E-state index contributed by atoms with van der Waals surface area (Å²) in [5.41, 5.74) is 7.54. The van der Waals surface area contributed by atoms with Gasteiger partial charge >= 0.3 is 5.97 Å². The monoisotopic (exact) mass is 425 g/mol. The summed E-state index contributed by atoms with van der Waals surface area (Å²) >= 11 is 0. The van der Waals surface area contributed by atoms with E-state index in [1.165, 1.54) is 29.2 Å². The first-order valence-electron chi connectivity index (χ1n) is 11.1. The Kier molecular flexibility index (Phi) is 5.50. The number of piperazine rings is 1. The summed E-state index contributed by atoms with van der Waals surface area (Å²) in [5.74, 6) is 0.244. The molecule has 1 aliphatic carbocycles. The molecule has 5 heteroatoms. The zero-order chi connectivity index (χ0) is 22.1. The second-order valence-electron chi connectivity index (χ2n) is 8.37. The molecule has 0 N–H and O–H groups in total. The minimum Gasteiger partial charge on any atom is -0.427 e. The van der Waals surface area contributed by atoms with Crippen molar-refractivity contribution >= 4 is 11.7 Å². The average Bonchev–Trinajstić information content (AvgIpc) is 3.14. The highest BCUT2D eigenvalue weighted by molar-refractivity contribution is 5.98. The molecule has 3 aromatic rings. The normalized spacial score (nSPS) is 16.6. The Balaban J connectivity index is 1.28. The number of carbonyl (C=O) groups is 1. The van der Waals surface area contributed by atoms with Crippen molar-refractivity contribution in [2.24, 2.45) is 5.10 Å². The Labute approximate surface area is 188 Å². The summed E-state index contributed by atoms with van der Waals surface area (Å²) < 4.78 is 5.11. The number of ether oxygens (including phenoxy) is 1. The second kappa shape index (κ2) is 8.60. The molecule has 0 bridgehead atoms. The highest BCUT2D eigenvalue weighted by Crippen LogP contribution is 2.46. The fourth-order valence-electron chi connectivity index (χ4n) is 4.79. The van der Waals surface area contributed by atoms with E-state index in [0.29, 0.717) is 11.8 Å². The van der Waals surface area contributed by atoms with Crippen LogP contribution >= 0.6 is 0 Å². The topological polar surface area (TPSA) is 45.1 Å². The summed E-state index contributed by atoms with van der Waals surface area (Å²) in [6, 6.07) is 25.4. The summed E-state index contributed by atoms with van der Waals surface area (Å²) in [5, 5.41) is 7.03. The van der Waals surface area contributed by atoms with Crippen LogP contribution < -0.4 is 4.74 Å². The van der Waals surface area contributed by atoms with Crippen LogP contribution in [-0.4, -0.2) is 47.8 Å². The van der Waals surface area contributed by atoms with Crippen molar-refractivity contribution in [3.63, 3.8) is 0 Å². The van der Waals surface area contributed by atoms with Crippen molar-refractivity contribution < 1.29 is 9.53 Å². The molecule has 0 unspecified atom stereocenters. The third kappa shape index (κ3) is 3.92. The smallest absolute Gasteiger partial charge is 0.308 e. The summed E-state index contributed by atoms with van der Waals surface area (Å²) in [7, 11) is 0. The largest absolute Gasteiger partial charge is 0.427 e. The molecule has 0 radical (unpaired) electrons. The fraction of sp³-hybridized carbons (Fsp3) is 0.259. The molecule has 0 aromatic heterocycles. The minimum absolute atomic E-state index is 0.312. The van der Waals surface area contributed by atoms with Gasteiger partial charge in [0.2, 0.25) is 0 Å². The number of hydrogen-bond donors (Lipinski definition) is 0. The van der Waals surface area contributed by atoms with Gasteiger partial charge in [0.1, 0.15) is 5.75 Å². The van der Waals surface area contributed by atoms with Gasteiger partial charge in [-0.15, -0.1) is 0 Å². The number of carbonyl (C=O) groups excluding carboxylic acids is 1. The van der Waals surface area contributed by atoms with Gasteiger partial charge in [-0.25, -0.2) is 0 Å². The van der Waals surface area contributed by atoms with Crippen LogP contribution in [0.2, 0.25) is 0 Å². The number of hydrazone groups is 1. The zero-order valence-electron chi connectivity index (χ0n) is 18.5. The molecule has 0 atom stereocenters. The van der Waals surface area contributed by atoms with E-state index in [4.69, 9.17) is 9.84 Å². The third-order valence-corrected chi connectivity index (χ3v) is 6.28. The van der Waals surface area contributed by atoms with Gasteiger partial charge in [0.15, 0.2) is 0 Å². The third-order valence-electron chi connectivity index (χ3n) is 6.28. The maximum absolute atomic E-state index is 11.1. The average molecular weight is 426 g/mol. The van der Waals surface area contributed by atoms with E-state index in [-0.39, 0.29) is 5.97 Å². The molecule has 1 aliphatic heterocycles. The van der Waals surface area contributed by atoms with Gasteiger partial charge < -0.3 is 4.74 Å². The van der Waals surface area contributed by atoms with E-state index >= 15 is 0 Å². The number of nitrogens with zero attached hydrogens (tertiary/aromatic N) is 3. The van der Waals surface area contributed by atoms with Gasteiger partial charge in [-0.05, 0) is 59.0 Å². The molecular weight excluding hydrogens is 398 g/mol. The summed E-state index contributed by atoms with van der Waals surface area (Å²) in [4.78, 5) is 13.7. The summed E-state index contributed by atoms with van der Waals surface area (Å²) in [6.45, 7) is 7.15. The fourth-order valence-corrected chi connectivity index (χ4v) is 4.79. The molecule has 5 rings (SSSR count). The Bertz CT molecular complexity index is 1120. The Morgan fingerprint density at radius 2 is 1.38 bits per heavy atom. The maximum atomic E-state index is 11.1. The van der Waals surface area contributed by atoms with Crippen molar-refractivity contribution in [2.75, 3.05) is 26.2 Å². The van der Waals surface area contributed by atoms with Crippen LogP contribution in [0.1, 0.15) is 36.6 Å². The number of rotatable bonds is 4. The van der Waals surface area contributed by atoms with Crippen molar-refractivity contribution in [3.8, 4) is 16.9 Å². The van der Waals surface area contributed by atoms with E-state index in [9.17, 15) is 4.79 Å². The number of esters is 1. The molecule has 0 spiro atoms. The quantitative estimate of drug-likeness (QED) is 0.345. The SMILES string of the molecule is CC(=O)Oc1ccc(/C(C)=N/N2CCN(C3c4ccccc4-c4ccccc43)CC2)cc1. The first kappa shape index (κ1) is 20.5. The second-order valence-corrected chi connectivity index (χ2v) is 8.37. The highest BCUT2D eigenvalue weighted by atomic mass is 16.5. The molecule has 162 valence electrons. The van der Waals surface area contributed by atoms with E-state index < -0.39 is 0 Å². The predicted octanol–water partition coefficient (Wildman–Crippen LogP) is 4.72. The standard InChI is InChI=1S/C27H27N3O2/c1-19(21-11-13-22(14-12-21)32-20(2)31)28-30-17-15-29(16-18-30)27-25-9-5-3-7-23(25)24-8-4-6-10-26(24)27/h3-14,27H,15-18H2,1-2H3/b28-19+. The first-order valence-corrected chi connectivity index (χ1v) is 11.1. The molecule has 1 fully saturated rings. The lowest BCUT2D eigenvalue weighted by atomic mass is 10.0. The van der Waals surface area contributed by atoms with Crippen LogP contribution in [0.25, 0.3) is 11.1 Å². The van der Waals surface area contributed by atoms with Crippen LogP contribution in [0.3, 0.4) is 0 Å². The van der Waals surface area contributed by atoms with E-state index in [2.05, 4.69) is 58.4 Å². The van der Waals surface area contributed by atoms with Gasteiger partial charge in [0, 0.05) is 33.1 Å². The van der Waals surface area contributed by atoms with Gasteiger partial charge in [-0.1, -0.05) is 48.5 Å². The number of benzene rings is 3. The lowest BCUT2D eigenvalue weighted by molar-refractivity contribution is -0.131. The molecule has 0 saturated carbocycles. The summed E-state index contributed by atoms with van der Waals surface area (Å²) in [6.07, 6.45) is 0. The molecule has 3 aromatic carbocycles. The van der Waals surface area contributed by atoms with E-state index in [0.717, 1.165) is 37.5 Å². The molecule has 0 amide bonds. The molecule has 2 aliphatic rings. The molecule has 32 heavy (non-hydrogen) atoms. The van der Waals surface area contributed by atoms with E-state index in [1.807, 2.05) is 31.2 Å². The van der Waals surface area contributed by atoms with Crippen molar-refractivity contribution in [1.29, 1.82) is 0 Å². The Morgan fingerprint density at radius 3 is 1.94 bits per heavy atom. The van der Waals surface area contributed by atoms with Crippen LogP contribution in [0.4, 0.5) is 0 Å². The van der Waals surface area contributed by atoms with Crippen molar-refractivity contribution in [3.05, 3.63) is 89.5 Å². The molecule has 1 saturated heterocycles. The van der Waals surface area contributed by atoms with Gasteiger partial charge in [-0.3, -0.25) is 14.7 Å². The minimum atomic E-state index is -0.312. The van der Waals surface area contributed by atoms with E-state index in [1.54, 1.807) is 0 Å². The van der Waals surface area contributed by atoms with Crippen LogP contribution in [0.5, 0.6) is 5.75 Å². The number of fused-ring (bicyclic) bond motifs is 3. The van der Waals surface area contributed by atoms with Gasteiger partial charge in [-0.2, -0.15) is 5.10 Å². The van der Waals surface area contributed by atoms with Crippen molar-refractivity contribution in [1.82, 2.24) is 9.91 Å². The maximum Gasteiger partial charge on any atom is 0.308 e. The zero-order valence-corrected chi connectivity index (χ0v) is 18.5. The van der Waals surface area contributed by atoms with Crippen LogP contribution in [0, 0.1) is 0 Å². The number of hydrogen-bond acceptors (Lipinski definition) is 5. The lowest BCUT2D eigenvalue weighted by Crippen LogP contribution is -2.45. The van der Waals surface area contributed by atoms with Gasteiger partial charge in [0.05, 0.1) is 11.8 Å². The lowest BCUT2D eigenvalue weighted by Gasteiger charge is -2.37.